The second-order valence-corrected chi connectivity index (χ2v) is 6.89. The molecule has 0 atom stereocenters. The van der Waals surface area contributed by atoms with E-state index in [0.717, 1.165) is 18.0 Å². The average molecular weight is 373 g/mol. The number of hydrogen-bond donors (Lipinski definition) is 1. The average Bonchev–Trinajstić information content (AvgIpc) is 3.10. The molecule has 0 saturated heterocycles. The van der Waals surface area contributed by atoms with Crippen LogP contribution in [0.15, 0.2) is 85.1 Å². The minimum Gasteiger partial charge on any atom is -0.489 e. The monoisotopic (exact) mass is 372 g/mol. The summed E-state index contributed by atoms with van der Waals surface area (Å²) in [6.45, 7) is 5.63. The molecular weight excluding hydrogens is 344 g/mol. The summed E-state index contributed by atoms with van der Waals surface area (Å²) in [5, 5.41) is 1.18. The van der Waals surface area contributed by atoms with Gasteiger partial charge in [-0.3, -0.25) is 0 Å². The van der Waals surface area contributed by atoms with E-state index in [4.69, 9.17) is 10.5 Å². The Kier molecular flexibility index (Phi) is 6.74. The molecule has 4 rings (SSSR count). The van der Waals surface area contributed by atoms with Crippen molar-refractivity contribution < 1.29 is 4.74 Å². The topological polar surface area (TPSA) is 40.2 Å². The maximum absolute atomic E-state index is 5.92. The molecule has 3 heteroatoms. The molecule has 0 aliphatic carbocycles. The Labute approximate surface area is 167 Å². The van der Waals surface area contributed by atoms with E-state index in [0.29, 0.717) is 6.61 Å². The molecule has 2 N–H and O–H groups in total. The standard InChI is InChI=1S/C22H20N2O.C3H8/c23-20-8-4-7-18(13-20)15-24-12-11-19-14-21(9-10-22(19)24)25-16-17-5-2-1-3-6-17;1-3-2/h1-14H,15-16,23H2;3H2,1-2H3. The Morgan fingerprint density at radius 2 is 1.57 bits per heavy atom. The van der Waals surface area contributed by atoms with Crippen molar-refractivity contribution in [3.63, 3.8) is 0 Å². The summed E-state index contributed by atoms with van der Waals surface area (Å²) >= 11 is 0. The van der Waals surface area contributed by atoms with Crippen molar-refractivity contribution in [2.45, 2.75) is 33.4 Å². The first-order chi connectivity index (χ1) is 13.7. The minimum absolute atomic E-state index is 0.580. The van der Waals surface area contributed by atoms with Crippen molar-refractivity contribution in [1.29, 1.82) is 0 Å². The fourth-order valence-electron chi connectivity index (χ4n) is 3.03. The third kappa shape index (κ3) is 5.17. The number of nitrogens with zero attached hydrogens (tertiary/aromatic N) is 1. The van der Waals surface area contributed by atoms with Crippen molar-refractivity contribution >= 4 is 16.6 Å². The maximum Gasteiger partial charge on any atom is 0.120 e. The number of aromatic nitrogens is 1. The third-order valence-corrected chi connectivity index (χ3v) is 4.29. The molecule has 1 aromatic heterocycles. The summed E-state index contributed by atoms with van der Waals surface area (Å²) in [5.41, 5.74) is 10.2. The highest BCUT2D eigenvalue weighted by atomic mass is 16.5. The van der Waals surface area contributed by atoms with Crippen LogP contribution in [-0.2, 0) is 13.2 Å². The smallest absolute Gasteiger partial charge is 0.120 e. The lowest BCUT2D eigenvalue weighted by Gasteiger charge is -2.09. The van der Waals surface area contributed by atoms with Crippen LogP contribution >= 0.6 is 0 Å². The van der Waals surface area contributed by atoms with Gasteiger partial charge in [0.1, 0.15) is 12.4 Å². The number of ether oxygens (including phenoxy) is 1. The summed E-state index contributed by atoms with van der Waals surface area (Å²) in [5.74, 6) is 0.887. The number of anilines is 1. The second-order valence-electron chi connectivity index (χ2n) is 6.89. The van der Waals surface area contributed by atoms with E-state index in [1.807, 2.05) is 42.5 Å². The van der Waals surface area contributed by atoms with Gasteiger partial charge in [0.05, 0.1) is 0 Å². The summed E-state index contributed by atoms with van der Waals surface area (Å²) in [6.07, 6.45) is 3.36. The number of rotatable bonds is 5. The molecule has 3 nitrogen and oxygen atoms in total. The molecule has 0 fully saturated rings. The molecule has 4 aromatic rings. The zero-order valence-corrected chi connectivity index (χ0v) is 16.6. The number of nitrogen functional groups attached to an aromatic ring is 1. The van der Waals surface area contributed by atoms with Crippen LogP contribution in [0.25, 0.3) is 10.9 Å². The van der Waals surface area contributed by atoms with Gasteiger partial charge in [-0.2, -0.15) is 0 Å². The van der Waals surface area contributed by atoms with Gasteiger partial charge in [0, 0.05) is 29.3 Å². The molecule has 0 bridgehead atoms. The Hall–Kier alpha value is -3.20. The highest BCUT2D eigenvalue weighted by Gasteiger charge is 2.04. The number of fused-ring (bicyclic) bond motifs is 1. The maximum atomic E-state index is 5.92. The van der Waals surface area contributed by atoms with Gasteiger partial charge >= 0.3 is 0 Å². The van der Waals surface area contributed by atoms with Crippen LogP contribution in [0.4, 0.5) is 5.69 Å². The van der Waals surface area contributed by atoms with Crippen LogP contribution in [0.1, 0.15) is 31.4 Å². The van der Waals surface area contributed by atoms with Gasteiger partial charge in [0.2, 0.25) is 0 Å². The Balaban J connectivity index is 0.000000706. The van der Waals surface area contributed by atoms with E-state index in [1.54, 1.807) is 0 Å². The van der Waals surface area contributed by atoms with Gasteiger partial charge in [0.25, 0.3) is 0 Å². The molecule has 0 radical (unpaired) electrons. The molecule has 0 unspecified atom stereocenters. The highest BCUT2D eigenvalue weighted by molar-refractivity contribution is 5.81. The summed E-state index contributed by atoms with van der Waals surface area (Å²) < 4.78 is 8.14. The molecule has 1 heterocycles. The molecular formula is C25H28N2O. The van der Waals surface area contributed by atoms with Crippen LogP contribution in [0.5, 0.6) is 5.75 Å². The SMILES string of the molecule is CCC.Nc1cccc(Cn2ccc3cc(OCc4ccccc4)ccc32)c1. The van der Waals surface area contributed by atoms with Crippen LogP contribution in [-0.4, -0.2) is 4.57 Å². The van der Waals surface area contributed by atoms with Gasteiger partial charge in [0.15, 0.2) is 0 Å². The fraction of sp³-hybridized carbons (Fsp3) is 0.200. The largest absolute Gasteiger partial charge is 0.489 e. The molecule has 0 aliphatic heterocycles. The first kappa shape index (κ1) is 19.6. The van der Waals surface area contributed by atoms with Gasteiger partial charge in [-0.05, 0) is 47.5 Å². The Bertz CT molecular complexity index is 1010. The van der Waals surface area contributed by atoms with Crippen molar-refractivity contribution in [3.8, 4) is 5.75 Å². The van der Waals surface area contributed by atoms with Gasteiger partial charge in [-0.25, -0.2) is 0 Å². The van der Waals surface area contributed by atoms with Crippen LogP contribution in [0, 0.1) is 0 Å². The molecule has 0 spiro atoms. The van der Waals surface area contributed by atoms with Crippen molar-refractivity contribution in [3.05, 3.63) is 96.2 Å². The van der Waals surface area contributed by atoms with E-state index in [9.17, 15) is 0 Å². The molecule has 144 valence electrons. The van der Waals surface area contributed by atoms with E-state index < -0.39 is 0 Å². The number of benzene rings is 3. The molecule has 0 amide bonds. The number of hydrogen-bond acceptors (Lipinski definition) is 2. The fourth-order valence-corrected chi connectivity index (χ4v) is 3.03. The van der Waals surface area contributed by atoms with Crippen LogP contribution in [0.3, 0.4) is 0 Å². The predicted molar refractivity (Wildman–Crippen MR) is 119 cm³/mol. The van der Waals surface area contributed by atoms with E-state index in [-0.39, 0.29) is 0 Å². The first-order valence-electron chi connectivity index (χ1n) is 9.79. The number of nitrogens with two attached hydrogens (primary N) is 1. The predicted octanol–water partition coefficient (Wildman–Crippen LogP) is 6.27. The second kappa shape index (κ2) is 9.65. The van der Waals surface area contributed by atoms with Gasteiger partial charge in [-0.15, -0.1) is 0 Å². The van der Waals surface area contributed by atoms with E-state index >= 15 is 0 Å². The Morgan fingerprint density at radius 3 is 2.32 bits per heavy atom. The summed E-state index contributed by atoms with van der Waals surface area (Å²) in [7, 11) is 0. The lowest BCUT2D eigenvalue weighted by Crippen LogP contribution is -1.99. The normalized spacial score (nSPS) is 10.4. The first-order valence-corrected chi connectivity index (χ1v) is 9.79. The Morgan fingerprint density at radius 1 is 0.821 bits per heavy atom. The van der Waals surface area contributed by atoms with Crippen molar-refractivity contribution in [1.82, 2.24) is 4.57 Å². The molecule has 0 aliphatic rings. The van der Waals surface area contributed by atoms with E-state index in [1.165, 1.54) is 28.5 Å². The molecule has 28 heavy (non-hydrogen) atoms. The van der Waals surface area contributed by atoms with Crippen molar-refractivity contribution in [2.24, 2.45) is 0 Å². The van der Waals surface area contributed by atoms with Crippen LogP contribution in [0.2, 0.25) is 0 Å². The zero-order chi connectivity index (χ0) is 19.8. The van der Waals surface area contributed by atoms with Crippen LogP contribution < -0.4 is 10.5 Å². The molecule has 3 aromatic carbocycles. The quantitative estimate of drug-likeness (QED) is 0.420. The summed E-state index contributed by atoms with van der Waals surface area (Å²) in [4.78, 5) is 0. The molecule has 0 saturated carbocycles. The van der Waals surface area contributed by atoms with Gasteiger partial charge in [-0.1, -0.05) is 62.7 Å². The lowest BCUT2D eigenvalue weighted by molar-refractivity contribution is 0.306. The highest BCUT2D eigenvalue weighted by Crippen LogP contribution is 2.24. The van der Waals surface area contributed by atoms with Gasteiger partial charge < -0.3 is 15.0 Å². The third-order valence-electron chi connectivity index (χ3n) is 4.29. The summed E-state index contributed by atoms with van der Waals surface area (Å²) in [6, 6.07) is 26.6. The van der Waals surface area contributed by atoms with Crippen molar-refractivity contribution in [2.75, 3.05) is 5.73 Å². The zero-order valence-electron chi connectivity index (χ0n) is 16.6. The minimum atomic E-state index is 0.580. The van der Waals surface area contributed by atoms with E-state index in [2.05, 4.69) is 61.0 Å². The lowest BCUT2D eigenvalue weighted by atomic mass is 10.2.